The fourth-order valence-corrected chi connectivity index (χ4v) is 2.45. The number of likely N-dealkylation sites (tertiary alicyclic amines) is 1. The van der Waals surface area contributed by atoms with E-state index in [0.717, 1.165) is 0 Å². The molecule has 0 atom stereocenters. The van der Waals surface area contributed by atoms with Crippen LogP contribution in [0.2, 0.25) is 10.0 Å². The van der Waals surface area contributed by atoms with Gasteiger partial charge in [0.2, 0.25) is 0 Å². The van der Waals surface area contributed by atoms with Gasteiger partial charge in [0.15, 0.2) is 0 Å². The normalized spacial score (nSPS) is 16.9. The molecule has 1 aliphatic heterocycles. The zero-order valence-electron chi connectivity index (χ0n) is 9.70. The van der Waals surface area contributed by atoms with E-state index in [1.807, 2.05) is 0 Å². The SMILES string of the molecule is Nc1c(Cl)cc(C(=O)N2CCC(O)CC2)cc1Cl. The van der Waals surface area contributed by atoms with E-state index in [0.29, 0.717) is 31.5 Å². The number of benzene rings is 1. The summed E-state index contributed by atoms with van der Waals surface area (Å²) in [5, 5.41) is 9.97. The Labute approximate surface area is 115 Å². The summed E-state index contributed by atoms with van der Waals surface area (Å²) in [6, 6.07) is 3.05. The minimum atomic E-state index is -0.312. The van der Waals surface area contributed by atoms with Gasteiger partial charge in [-0.1, -0.05) is 23.2 Å². The van der Waals surface area contributed by atoms with Crippen molar-refractivity contribution in [1.29, 1.82) is 0 Å². The van der Waals surface area contributed by atoms with Crippen molar-refractivity contribution in [1.82, 2.24) is 4.90 Å². The van der Waals surface area contributed by atoms with Gasteiger partial charge in [-0.25, -0.2) is 0 Å². The lowest BCUT2D eigenvalue weighted by atomic mass is 10.1. The standard InChI is InChI=1S/C12H14Cl2N2O2/c13-9-5-7(6-10(14)11(9)15)12(18)16-3-1-8(17)2-4-16/h5-6,8,17H,1-4,15H2. The first-order valence-corrected chi connectivity index (χ1v) is 6.46. The number of carbonyl (C=O) groups is 1. The molecule has 1 aliphatic rings. The fraction of sp³-hybridized carbons (Fsp3) is 0.417. The molecule has 1 heterocycles. The Balaban J connectivity index is 2.19. The second-order valence-corrected chi connectivity index (χ2v) is 5.19. The molecule has 0 aliphatic carbocycles. The smallest absolute Gasteiger partial charge is 0.253 e. The summed E-state index contributed by atoms with van der Waals surface area (Å²) in [6.45, 7) is 1.08. The average Bonchev–Trinajstić information content (AvgIpc) is 2.35. The lowest BCUT2D eigenvalue weighted by Gasteiger charge is -2.29. The number of piperidine rings is 1. The summed E-state index contributed by atoms with van der Waals surface area (Å²) in [6.07, 6.45) is 0.886. The number of halogens is 2. The number of nitrogens with two attached hydrogens (primary N) is 1. The molecule has 6 heteroatoms. The molecule has 0 spiro atoms. The molecule has 3 N–H and O–H groups in total. The number of anilines is 1. The Morgan fingerprint density at radius 3 is 2.28 bits per heavy atom. The maximum atomic E-state index is 12.2. The van der Waals surface area contributed by atoms with E-state index < -0.39 is 0 Å². The summed E-state index contributed by atoms with van der Waals surface area (Å²) in [4.78, 5) is 13.9. The quantitative estimate of drug-likeness (QED) is 0.779. The number of amides is 1. The van der Waals surface area contributed by atoms with E-state index in [1.165, 1.54) is 12.1 Å². The van der Waals surface area contributed by atoms with Crippen LogP contribution in [-0.4, -0.2) is 35.1 Å². The first-order chi connectivity index (χ1) is 8.49. The molecule has 0 radical (unpaired) electrons. The molecule has 1 saturated heterocycles. The highest BCUT2D eigenvalue weighted by molar-refractivity contribution is 6.39. The van der Waals surface area contributed by atoms with E-state index in [2.05, 4.69) is 0 Å². The molecule has 0 saturated carbocycles. The summed E-state index contributed by atoms with van der Waals surface area (Å²) in [7, 11) is 0. The Kier molecular flexibility index (Phi) is 4.00. The molecule has 1 aromatic rings. The van der Waals surface area contributed by atoms with Gasteiger partial charge in [0.25, 0.3) is 5.91 Å². The van der Waals surface area contributed by atoms with Gasteiger partial charge in [0.05, 0.1) is 21.8 Å². The number of nitrogens with zero attached hydrogens (tertiary/aromatic N) is 1. The zero-order chi connectivity index (χ0) is 13.3. The van der Waals surface area contributed by atoms with Gasteiger partial charge in [0, 0.05) is 18.7 Å². The monoisotopic (exact) mass is 288 g/mol. The predicted molar refractivity (Wildman–Crippen MR) is 72.0 cm³/mol. The first-order valence-electron chi connectivity index (χ1n) is 5.71. The Morgan fingerprint density at radius 2 is 1.78 bits per heavy atom. The van der Waals surface area contributed by atoms with Crippen molar-refractivity contribution in [2.24, 2.45) is 0 Å². The largest absolute Gasteiger partial charge is 0.396 e. The third kappa shape index (κ3) is 2.71. The molecule has 2 rings (SSSR count). The number of nitrogen functional groups attached to an aromatic ring is 1. The molecule has 98 valence electrons. The lowest BCUT2D eigenvalue weighted by Crippen LogP contribution is -2.40. The van der Waals surface area contributed by atoms with Crippen LogP contribution in [0.1, 0.15) is 23.2 Å². The van der Waals surface area contributed by atoms with E-state index >= 15 is 0 Å². The molecule has 0 bridgehead atoms. The van der Waals surface area contributed by atoms with Crippen molar-refractivity contribution in [3.8, 4) is 0 Å². The minimum Gasteiger partial charge on any atom is -0.396 e. The third-order valence-corrected chi connectivity index (χ3v) is 3.70. The highest BCUT2D eigenvalue weighted by atomic mass is 35.5. The van der Waals surface area contributed by atoms with E-state index in [4.69, 9.17) is 28.9 Å². The molecule has 18 heavy (non-hydrogen) atoms. The second kappa shape index (κ2) is 5.34. The average molecular weight is 289 g/mol. The van der Waals surface area contributed by atoms with Crippen LogP contribution in [0.15, 0.2) is 12.1 Å². The maximum Gasteiger partial charge on any atom is 0.253 e. The number of rotatable bonds is 1. The number of aliphatic hydroxyl groups is 1. The Bertz CT molecular complexity index is 448. The molecule has 4 nitrogen and oxygen atoms in total. The minimum absolute atomic E-state index is 0.134. The van der Waals surface area contributed by atoms with Crippen LogP contribution in [0.3, 0.4) is 0 Å². The van der Waals surface area contributed by atoms with Crippen molar-refractivity contribution < 1.29 is 9.90 Å². The zero-order valence-corrected chi connectivity index (χ0v) is 11.2. The Hall–Kier alpha value is -0.970. The summed E-state index contributed by atoms with van der Waals surface area (Å²) in [5.74, 6) is -0.134. The predicted octanol–water partition coefficient (Wildman–Crippen LogP) is 2.17. The van der Waals surface area contributed by atoms with Gasteiger partial charge >= 0.3 is 0 Å². The van der Waals surface area contributed by atoms with E-state index in [-0.39, 0.29) is 27.7 Å². The van der Waals surface area contributed by atoms with Crippen LogP contribution in [0.25, 0.3) is 0 Å². The van der Waals surface area contributed by atoms with Crippen molar-refractivity contribution >= 4 is 34.8 Å². The number of hydrogen-bond acceptors (Lipinski definition) is 3. The fourth-order valence-electron chi connectivity index (χ4n) is 1.96. The molecule has 0 aromatic heterocycles. The number of carbonyl (C=O) groups excluding carboxylic acids is 1. The topological polar surface area (TPSA) is 66.6 Å². The van der Waals surface area contributed by atoms with Crippen LogP contribution in [0.4, 0.5) is 5.69 Å². The van der Waals surface area contributed by atoms with Crippen LogP contribution >= 0.6 is 23.2 Å². The van der Waals surface area contributed by atoms with Crippen LogP contribution < -0.4 is 5.73 Å². The van der Waals surface area contributed by atoms with Crippen molar-refractivity contribution in [2.75, 3.05) is 18.8 Å². The van der Waals surface area contributed by atoms with Crippen LogP contribution in [-0.2, 0) is 0 Å². The van der Waals surface area contributed by atoms with Gasteiger partial charge in [-0.05, 0) is 25.0 Å². The molecule has 1 amide bonds. The van der Waals surface area contributed by atoms with E-state index in [1.54, 1.807) is 4.90 Å². The number of hydrogen-bond donors (Lipinski definition) is 2. The Morgan fingerprint density at radius 1 is 1.28 bits per heavy atom. The van der Waals surface area contributed by atoms with Gasteiger partial charge in [-0.15, -0.1) is 0 Å². The first kappa shape index (κ1) is 13.5. The summed E-state index contributed by atoms with van der Waals surface area (Å²) < 4.78 is 0. The van der Waals surface area contributed by atoms with Crippen LogP contribution in [0.5, 0.6) is 0 Å². The summed E-state index contributed by atoms with van der Waals surface area (Å²) >= 11 is 11.8. The maximum absolute atomic E-state index is 12.2. The highest BCUT2D eigenvalue weighted by Crippen LogP contribution is 2.29. The van der Waals surface area contributed by atoms with Gasteiger partial charge in [0.1, 0.15) is 0 Å². The van der Waals surface area contributed by atoms with Crippen molar-refractivity contribution in [2.45, 2.75) is 18.9 Å². The third-order valence-electron chi connectivity index (χ3n) is 3.08. The van der Waals surface area contributed by atoms with Gasteiger partial charge in [-0.2, -0.15) is 0 Å². The lowest BCUT2D eigenvalue weighted by molar-refractivity contribution is 0.0546. The molecule has 0 unspecified atom stereocenters. The highest BCUT2D eigenvalue weighted by Gasteiger charge is 2.23. The van der Waals surface area contributed by atoms with Gasteiger partial charge < -0.3 is 15.7 Å². The second-order valence-electron chi connectivity index (χ2n) is 4.38. The number of aliphatic hydroxyl groups excluding tert-OH is 1. The molecule has 1 fully saturated rings. The van der Waals surface area contributed by atoms with Crippen molar-refractivity contribution in [3.63, 3.8) is 0 Å². The van der Waals surface area contributed by atoms with Crippen molar-refractivity contribution in [3.05, 3.63) is 27.7 Å². The summed E-state index contributed by atoms with van der Waals surface area (Å²) in [5.41, 5.74) is 6.33. The molecular weight excluding hydrogens is 275 g/mol. The van der Waals surface area contributed by atoms with Crippen LogP contribution in [0, 0.1) is 0 Å². The van der Waals surface area contributed by atoms with Gasteiger partial charge in [-0.3, -0.25) is 4.79 Å². The molecule has 1 aromatic carbocycles. The molecular formula is C12H14Cl2N2O2. The van der Waals surface area contributed by atoms with E-state index in [9.17, 15) is 9.90 Å².